The summed E-state index contributed by atoms with van der Waals surface area (Å²) in [5, 5.41) is 0. The summed E-state index contributed by atoms with van der Waals surface area (Å²) in [7, 11) is 2.18. The highest BCUT2D eigenvalue weighted by molar-refractivity contribution is 5.98. The third kappa shape index (κ3) is 2.85. The number of morpholine rings is 1. The van der Waals surface area contributed by atoms with Crippen molar-refractivity contribution in [1.82, 2.24) is 9.80 Å². The van der Waals surface area contributed by atoms with Crippen LogP contribution in [0.5, 0.6) is 0 Å². The summed E-state index contributed by atoms with van der Waals surface area (Å²) in [5.74, 6) is 0.700. The summed E-state index contributed by atoms with van der Waals surface area (Å²) < 4.78 is 5.40. The van der Waals surface area contributed by atoms with Crippen molar-refractivity contribution in [2.24, 2.45) is 0 Å². The van der Waals surface area contributed by atoms with Gasteiger partial charge in [-0.3, -0.25) is 9.69 Å². The van der Waals surface area contributed by atoms with Crippen LogP contribution < -0.4 is 4.90 Å². The normalized spacial score (nSPS) is 27.8. The third-order valence-corrected chi connectivity index (χ3v) is 5.68. The van der Waals surface area contributed by atoms with E-state index in [0.29, 0.717) is 18.5 Å². The van der Waals surface area contributed by atoms with Crippen molar-refractivity contribution in [3.8, 4) is 0 Å². The molecule has 1 amide bonds. The first kappa shape index (κ1) is 16.1. The van der Waals surface area contributed by atoms with E-state index in [-0.39, 0.29) is 5.91 Å². The molecule has 5 heteroatoms. The van der Waals surface area contributed by atoms with Gasteiger partial charge in [-0.2, -0.15) is 0 Å². The largest absolute Gasteiger partial charge is 0.379 e. The van der Waals surface area contributed by atoms with Crippen LogP contribution in [-0.2, 0) is 9.53 Å². The highest BCUT2D eigenvalue weighted by Crippen LogP contribution is 2.44. The van der Waals surface area contributed by atoms with Crippen LogP contribution in [0.25, 0.3) is 0 Å². The van der Waals surface area contributed by atoms with Crippen molar-refractivity contribution < 1.29 is 9.53 Å². The number of hydrogen-bond acceptors (Lipinski definition) is 4. The minimum Gasteiger partial charge on any atom is -0.379 e. The molecule has 0 unspecified atom stereocenters. The second-order valence-electron chi connectivity index (χ2n) is 7.44. The Hall–Kier alpha value is -1.43. The molecule has 1 aromatic carbocycles. The molecule has 0 saturated carbocycles. The van der Waals surface area contributed by atoms with E-state index in [4.69, 9.17) is 4.74 Å². The molecule has 2 saturated heterocycles. The van der Waals surface area contributed by atoms with Crippen LogP contribution in [0.3, 0.4) is 0 Å². The minimum atomic E-state index is 0.249. The molecular formula is C19H27N3O2. The molecule has 4 rings (SSSR count). The Labute approximate surface area is 144 Å². The lowest BCUT2D eigenvalue weighted by Crippen LogP contribution is -2.51. The van der Waals surface area contributed by atoms with E-state index in [9.17, 15) is 4.79 Å². The number of anilines is 1. The number of aryl methyl sites for hydroxylation is 1. The summed E-state index contributed by atoms with van der Waals surface area (Å²) in [6, 6.07) is 6.90. The number of fused-ring (bicyclic) bond motifs is 3. The SMILES string of the molecule is Cc1ccc2c(c1)[C@H]1CN(C)CC[C@H]1N2C(=O)CN1CCOCC1. The maximum atomic E-state index is 13.1. The predicted octanol–water partition coefficient (Wildman–Crippen LogP) is 1.46. The molecule has 1 aromatic rings. The average Bonchev–Trinajstić information content (AvgIpc) is 2.89. The van der Waals surface area contributed by atoms with E-state index in [1.807, 2.05) is 0 Å². The number of ether oxygens (including phenoxy) is 1. The molecule has 0 N–H and O–H groups in total. The Bertz CT molecular complexity index is 627. The number of nitrogens with zero attached hydrogens (tertiary/aromatic N) is 3. The first-order valence-electron chi connectivity index (χ1n) is 9.05. The Morgan fingerprint density at radius 1 is 1.25 bits per heavy atom. The van der Waals surface area contributed by atoms with Crippen molar-refractivity contribution in [1.29, 1.82) is 0 Å². The second-order valence-corrected chi connectivity index (χ2v) is 7.44. The Kier molecular flexibility index (Phi) is 4.33. The summed E-state index contributed by atoms with van der Waals surface area (Å²) >= 11 is 0. The first-order valence-corrected chi connectivity index (χ1v) is 9.05. The lowest BCUT2D eigenvalue weighted by atomic mass is 9.89. The summed E-state index contributed by atoms with van der Waals surface area (Å²) in [4.78, 5) is 19.9. The zero-order valence-corrected chi connectivity index (χ0v) is 14.7. The minimum absolute atomic E-state index is 0.249. The van der Waals surface area contributed by atoms with Crippen molar-refractivity contribution in [3.05, 3.63) is 29.3 Å². The van der Waals surface area contributed by atoms with Crippen LogP contribution in [-0.4, -0.2) is 74.7 Å². The van der Waals surface area contributed by atoms with Crippen molar-refractivity contribution >= 4 is 11.6 Å². The molecule has 0 aromatic heterocycles. The fourth-order valence-corrected chi connectivity index (χ4v) is 4.43. The monoisotopic (exact) mass is 329 g/mol. The highest BCUT2D eigenvalue weighted by atomic mass is 16.5. The van der Waals surface area contributed by atoms with E-state index < -0.39 is 0 Å². The van der Waals surface area contributed by atoms with Gasteiger partial charge in [-0.1, -0.05) is 17.7 Å². The standard InChI is InChI=1S/C19H27N3O2/c1-14-3-4-17-15(11-14)16-12-20(2)6-5-18(16)22(17)19(23)13-21-7-9-24-10-8-21/h3-4,11,16,18H,5-10,12-13H2,1-2H3/t16-,18-/m1/s1. The number of likely N-dealkylation sites (tertiary alicyclic amines) is 1. The Morgan fingerprint density at radius 2 is 2.04 bits per heavy atom. The quantitative estimate of drug-likeness (QED) is 0.823. The maximum Gasteiger partial charge on any atom is 0.241 e. The van der Waals surface area contributed by atoms with Gasteiger partial charge in [-0.15, -0.1) is 0 Å². The average molecular weight is 329 g/mol. The van der Waals surface area contributed by atoms with E-state index in [1.54, 1.807) is 0 Å². The second kappa shape index (κ2) is 6.47. The van der Waals surface area contributed by atoms with Gasteiger partial charge in [0.15, 0.2) is 0 Å². The van der Waals surface area contributed by atoms with Crippen LogP contribution in [0.15, 0.2) is 18.2 Å². The fourth-order valence-electron chi connectivity index (χ4n) is 4.43. The van der Waals surface area contributed by atoms with Crippen molar-refractivity contribution in [3.63, 3.8) is 0 Å². The molecule has 3 aliphatic heterocycles. The molecular weight excluding hydrogens is 302 g/mol. The molecule has 24 heavy (non-hydrogen) atoms. The van der Waals surface area contributed by atoms with Gasteiger partial charge in [-0.25, -0.2) is 0 Å². The molecule has 0 radical (unpaired) electrons. The first-order chi connectivity index (χ1) is 11.6. The van der Waals surface area contributed by atoms with Crippen LogP contribution >= 0.6 is 0 Å². The molecule has 3 aliphatic rings. The lowest BCUT2D eigenvalue weighted by molar-refractivity contribution is -0.121. The summed E-state index contributed by atoms with van der Waals surface area (Å²) in [6.07, 6.45) is 1.06. The molecule has 3 heterocycles. The Morgan fingerprint density at radius 3 is 2.83 bits per heavy atom. The van der Waals surface area contributed by atoms with Gasteiger partial charge in [0.1, 0.15) is 0 Å². The number of hydrogen-bond donors (Lipinski definition) is 0. The van der Waals surface area contributed by atoms with E-state index in [2.05, 4.69) is 46.9 Å². The summed E-state index contributed by atoms with van der Waals surface area (Å²) in [5.41, 5.74) is 3.79. The molecule has 2 atom stereocenters. The predicted molar refractivity (Wildman–Crippen MR) is 94.6 cm³/mol. The van der Waals surface area contributed by atoms with Crippen molar-refractivity contribution in [2.45, 2.75) is 25.3 Å². The van der Waals surface area contributed by atoms with Gasteiger partial charge >= 0.3 is 0 Å². The lowest BCUT2D eigenvalue weighted by Gasteiger charge is -2.37. The number of amides is 1. The number of piperidine rings is 1. The zero-order chi connectivity index (χ0) is 16.7. The van der Waals surface area contributed by atoms with Gasteiger partial charge < -0.3 is 14.5 Å². The number of carbonyl (C=O) groups is 1. The number of rotatable bonds is 2. The highest BCUT2D eigenvalue weighted by Gasteiger charge is 2.43. The number of carbonyl (C=O) groups excluding carboxylic acids is 1. The van der Waals surface area contributed by atoms with Crippen LogP contribution in [0.1, 0.15) is 23.5 Å². The van der Waals surface area contributed by atoms with E-state index in [1.165, 1.54) is 11.1 Å². The van der Waals surface area contributed by atoms with E-state index in [0.717, 1.165) is 51.5 Å². The van der Waals surface area contributed by atoms with Crippen LogP contribution in [0, 0.1) is 6.92 Å². The van der Waals surface area contributed by atoms with Gasteiger partial charge in [0.05, 0.1) is 19.8 Å². The van der Waals surface area contributed by atoms with Gasteiger partial charge in [0.2, 0.25) is 5.91 Å². The number of likely N-dealkylation sites (N-methyl/N-ethyl adjacent to an activating group) is 1. The topological polar surface area (TPSA) is 36.0 Å². The van der Waals surface area contributed by atoms with Crippen LogP contribution in [0.2, 0.25) is 0 Å². The molecule has 5 nitrogen and oxygen atoms in total. The molecule has 0 bridgehead atoms. The molecule has 130 valence electrons. The van der Waals surface area contributed by atoms with Gasteiger partial charge in [0.25, 0.3) is 0 Å². The number of benzene rings is 1. The van der Waals surface area contributed by atoms with Crippen molar-refractivity contribution in [2.75, 3.05) is 57.9 Å². The summed E-state index contributed by atoms with van der Waals surface area (Å²) in [6.45, 7) is 7.95. The zero-order valence-electron chi connectivity index (χ0n) is 14.7. The van der Waals surface area contributed by atoms with Crippen LogP contribution in [0.4, 0.5) is 5.69 Å². The fraction of sp³-hybridized carbons (Fsp3) is 0.632. The molecule has 2 fully saturated rings. The Balaban J connectivity index is 1.60. The maximum absolute atomic E-state index is 13.1. The molecule has 0 aliphatic carbocycles. The van der Waals surface area contributed by atoms with Gasteiger partial charge in [-0.05, 0) is 38.6 Å². The van der Waals surface area contributed by atoms with Gasteiger partial charge in [0, 0.05) is 37.3 Å². The molecule has 0 spiro atoms. The van der Waals surface area contributed by atoms with E-state index >= 15 is 0 Å². The smallest absolute Gasteiger partial charge is 0.241 e. The third-order valence-electron chi connectivity index (χ3n) is 5.68.